The number of para-hydroxylation sites is 1. The zero-order valence-electron chi connectivity index (χ0n) is 10.1. The minimum absolute atomic E-state index is 0.206. The van der Waals surface area contributed by atoms with E-state index in [-0.39, 0.29) is 5.55 Å². The van der Waals surface area contributed by atoms with Crippen LogP contribution < -0.4 is 5.55 Å². The van der Waals surface area contributed by atoms with Gasteiger partial charge in [-0.3, -0.25) is 5.41 Å². The molecule has 1 N–H and O–H groups in total. The lowest BCUT2D eigenvalue weighted by molar-refractivity contribution is 0.536. The summed E-state index contributed by atoms with van der Waals surface area (Å²) in [6.45, 7) is 2.05. The molecule has 2 aromatic carbocycles. The Morgan fingerprint density at radius 1 is 0.944 bits per heavy atom. The number of rotatable bonds is 1. The highest BCUT2D eigenvalue weighted by atomic mass is 16.3. The van der Waals surface area contributed by atoms with Crippen molar-refractivity contribution in [1.29, 1.82) is 5.41 Å². The van der Waals surface area contributed by atoms with Crippen molar-refractivity contribution in [1.82, 2.24) is 0 Å². The first-order valence-corrected chi connectivity index (χ1v) is 5.88. The lowest BCUT2D eigenvalue weighted by Gasteiger charge is -2.04. The monoisotopic (exact) mass is 235 g/mol. The van der Waals surface area contributed by atoms with Gasteiger partial charge in [0.15, 0.2) is 0 Å². The Bertz CT molecular complexity index is 754. The van der Waals surface area contributed by atoms with Crippen molar-refractivity contribution in [2.45, 2.75) is 6.92 Å². The molecule has 18 heavy (non-hydrogen) atoms. The summed E-state index contributed by atoms with van der Waals surface area (Å²) in [7, 11) is 0. The van der Waals surface area contributed by atoms with Gasteiger partial charge in [-0.05, 0) is 24.6 Å². The lowest BCUT2D eigenvalue weighted by Crippen LogP contribution is -2.02. The molecular formula is C16H13NO. The van der Waals surface area contributed by atoms with Gasteiger partial charge in [-0.1, -0.05) is 48.0 Å². The Hall–Kier alpha value is -2.35. The number of aryl methyl sites for hydroxylation is 1. The highest BCUT2D eigenvalue weighted by Gasteiger charge is 2.04. The predicted octanol–water partition coefficient (Wildman–Crippen LogP) is 3.89. The zero-order chi connectivity index (χ0) is 12.5. The van der Waals surface area contributed by atoms with E-state index in [0.717, 1.165) is 22.1 Å². The summed E-state index contributed by atoms with van der Waals surface area (Å²) in [5.74, 6) is 0. The van der Waals surface area contributed by atoms with E-state index >= 15 is 0 Å². The van der Waals surface area contributed by atoms with E-state index in [0.29, 0.717) is 0 Å². The van der Waals surface area contributed by atoms with Crippen LogP contribution in [0.2, 0.25) is 0 Å². The SMILES string of the molecule is Cc1ccc(-c2cc3ccccc3oc2=N)cc1. The maximum absolute atomic E-state index is 7.98. The highest BCUT2D eigenvalue weighted by molar-refractivity contribution is 5.81. The topological polar surface area (TPSA) is 37.0 Å². The van der Waals surface area contributed by atoms with Gasteiger partial charge in [0.25, 0.3) is 0 Å². The van der Waals surface area contributed by atoms with Gasteiger partial charge >= 0.3 is 0 Å². The van der Waals surface area contributed by atoms with Crippen molar-refractivity contribution in [2.75, 3.05) is 0 Å². The molecule has 0 bridgehead atoms. The Kier molecular flexibility index (Phi) is 2.49. The Morgan fingerprint density at radius 3 is 2.44 bits per heavy atom. The number of hydrogen-bond acceptors (Lipinski definition) is 2. The largest absolute Gasteiger partial charge is 0.438 e. The fourth-order valence-electron chi connectivity index (χ4n) is 2.03. The summed E-state index contributed by atoms with van der Waals surface area (Å²) in [6, 6.07) is 17.9. The second-order valence-corrected chi connectivity index (χ2v) is 4.39. The van der Waals surface area contributed by atoms with Crippen LogP contribution in [-0.2, 0) is 0 Å². The van der Waals surface area contributed by atoms with E-state index < -0.39 is 0 Å². The van der Waals surface area contributed by atoms with Crippen LogP contribution in [0.4, 0.5) is 0 Å². The third-order valence-electron chi connectivity index (χ3n) is 3.04. The highest BCUT2D eigenvalue weighted by Crippen LogP contribution is 2.21. The first kappa shape index (κ1) is 10.8. The van der Waals surface area contributed by atoms with Crippen molar-refractivity contribution in [3.05, 3.63) is 65.7 Å². The van der Waals surface area contributed by atoms with Crippen molar-refractivity contribution >= 4 is 11.0 Å². The van der Waals surface area contributed by atoms with Crippen LogP contribution in [0.3, 0.4) is 0 Å². The molecule has 0 amide bonds. The van der Waals surface area contributed by atoms with E-state index in [4.69, 9.17) is 9.83 Å². The predicted molar refractivity (Wildman–Crippen MR) is 72.2 cm³/mol. The lowest BCUT2D eigenvalue weighted by atomic mass is 10.0. The Balaban J connectivity index is 2.26. The molecule has 0 saturated carbocycles. The van der Waals surface area contributed by atoms with Gasteiger partial charge in [0, 0.05) is 10.9 Å². The number of benzene rings is 2. The van der Waals surface area contributed by atoms with Crippen molar-refractivity contribution in [3.63, 3.8) is 0 Å². The van der Waals surface area contributed by atoms with Crippen molar-refractivity contribution in [3.8, 4) is 11.1 Å². The van der Waals surface area contributed by atoms with Gasteiger partial charge in [0.1, 0.15) is 5.58 Å². The summed E-state index contributed by atoms with van der Waals surface area (Å²) in [4.78, 5) is 0. The quantitative estimate of drug-likeness (QED) is 0.682. The average Bonchev–Trinajstić information content (AvgIpc) is 2.39. The second kappa shape index (κ2) is 4.15. The molecule has 3 rings (SSSR count). The minimum atomic E-state index is 0.206. The molecule has 2 nitrogen and oxygen atoms in total. The first-order chi connectivity index (χ1) is 8.74. The van der Waals surface area contributed by atoms with Crippen molar-refractivity contribution < 1.29 is 4.42 Å². The van der Waals surface area contributed by atoms with Gasteiger partial charge in [-0.25, -0.2) is 0 Å². The van der Waals surface area contributed by atoms with Crippen LogP contribution in [0, 0.1) is 12.3 Å². The van der Waals surface area contributed by atoms with E-state index in [2.05, 4.69) is 6.92 Å². The third kappa shape index (κ3) is 1.82. The van der Waals surface area contributed by atoms with Crippen LogP contribution in [0.5, 0.6) is 0 Å². The fourth-order valence-corrected chi connectivity index (χ4v) is 2.03. The van der Waals surface area contributed by atoms with E-state index in [1.54, 1.807) is 0 Å². The molecule has 0 fully saturated rings. The summed E-state index contributed by atoms with van der Waals surface area (Å²) >= 11 is 0. The third-order valence-corrected chi connectivity index (χ3v) is 3.04. The maximum atomic E-state index is 7.98. The molecule has 0 aliphatic carbocycles. The molecular weight excluding hydrogens is 222 g/mol. The van der Waals surface area contributed by atoms with E-state index in [9.17, 15) is 0 Å². The summed E-state index contributed by atoms with van der Waals surface area (Å²) in [6.07, 6.45) is 0. The molecule has 1 aromatic heterocycles. The van der Waals surface area contributed by atoms with Gasteiger partial charge in [0.2, 0.25) is 5.55 Å². The zero-order valence-corrected chi connectivity index (χ0v) is 10.1. The number of hydrogen-bond donors (Lipinski definition) is 1. The number of fused-ring (bicyclic) bond motifs is 1. The van der Waals surface area contributed by atoms with E-state index in [1.807, 2.05) is 54.6 Å². The molecule has 0 radical (unpaired) electrons. The van der Waals surface area contributed by atoms with Gasteiger partial charge < -0.3 is 4.42 Å². The fraction of sp³-hybridized carbons (Fsp3) is 0.0625. The summed E-state index contributed by atoms with van der Waals surface area (Å²) in [5.41, 5.74) is 4.01. The van der Waals surface area contributed by atoms with Crippen LogP contribution in [-0.4, -0.2) is 0 Å². The van der Waals surface area contributed by atoms with Crippen LogP contribution in [0.1, 0.15) is 5.56 Å². The van der Waals surface area contributed by atoms with Crippen LogP contribution in [0.15, 0.2) is 59.0 Å². The van der Waals surface area contributed by atoms with Gasteiger partial charge in [-0.2, -0.15) is 0 Å². The Morgan fingerprint density at radius 2 is 1.67 bits per heavy atom. The standard InChI is InChI=1S/C16H13NO/c1-11-6-8-12(9-7-11)14-10-13-4-2-3-5-15(13)18-16(14)17/h2-10,17H,1H3. The molecule has 0 saturated heterocycles. The first-order valence-electron chi connectivity index (χ1n) is 5.88. The minimum Gasteiger partial charge on any atom is -0.438 e. The average molecular weight is 235 g/mol. The maximum Gasteiger partial charge on any atom is 0.219 e. The molecule has 88 valence electrons. The Labute approximate surface area is 105 Å². The number of nitrogens with one attached hydrogen (secondary N) is 1. The van der Waals surface area contributed by atoms with Crippen molar-refractivity contribution in [2.24, 2.45) is 0 Å². The molecule has 0 atom stereocenters. The molecule has 0 aliphatic heterocycles. The van der Waals surface area contributed by atoms with Crippen LogP contribution >= 0.6 is 0 Å². The van der Waals surface area contributed by atoms with E-state index in [1.165, 1.54) is 5.56 Å². The van der Waals surface area contributed by atoms with Gasteiger partial charge in [0.05, 0.1) is 0 Å². The summed E-state index contributed by atoms with van der Waals surface area (Å²) in [5, 5.41) is 8.99. The molecule has 0 unspecified atom stereocenters. The summed E-state index contributed by atoms with van der Waals surface area (Å²) < 4.78 is 5.54. The van der Waals surface area contributed by atoms with Crippen LogP contribution in [0.25, 0.3) is 22.1 Å². The molecule has 1 heterocycles. The molecule has 2 heteroatoms. The normalized spacial score (nSPS) is 10.7. The molecule has 0 aliphatic rings. The molecule has 3 aromatic rings. The molecule has 0 spiro atoms. The smallest absolute Gasteiger partial charge is 0.219 e. The second-order valence-electron chi connectivity index (χ2n) is 4.39. The van der Waals surface area contributed by atoms with Gasteiger partial charge in [-0.15, -0.1) is 0 Å².